The Bertz CT molecular complexity index is 784. The molecule has 3 rings (SSSR count). The summed E-state index contributed by atoms with van der Waals surface area (Å²) in [6.07, 6.45) is 0.662. The lowest BCUT2D eigenvalue weighted by molar-refractivity contribution is -0.123. The molecule has 0 aliphatic carbocycles. The third-order valence-corrected chi connectivity index (χ3v) is 3.96. The number of hydrazone groups is 1. The van der Waals surface area contributed by atoms with E-state index in [-0.39, 0.29) is 12.5 Å². The largest absolute Gasteiger partial charge is 0.492 e. The lowest BCUT2D eigenvalue weighted by atomic mass is 10.0. The van der Waals surface area contributed by atoms with Crippen molar-refractivity contribution < 1.29 is 14.3 Å². The molecule has 5 heteroatoms. The van der Waals surface area contributed by atoms with Gasteiger partial charge in [0.25, 0.3) is 5.91 Å². The highest BCUT2D eigenvalue weighted by atomic mass is 16.5. The number of hydrogen-bond acceptors (Lipinski definition) is 4. The van der Waals surface area contributed by atoms with Crippen LogP contribution in [-0.2, 0) is 4.79 Å². The average Bonchev–Trinajstić information content (AvgIpc) is 2.61. The van der Waals surface area contributed by atoms with Crippen molar-refractivity contribution in [3.8, 4) is 11.5 Å². The van der Waals surface area contributed by atoms with Crippen molar-refractivity contribution in [2.45, 2.75) is 20.3 Å². The van der Waals surface area contributed by atoms with E-state index in [1.165, 1.54) is 5.56 Å². The van der Waals surface area contributed by atoms with Gasteiger partial charge < -0.3 is 9.47 Å². The molecule has 1 heterocycles. The molecule has 0 atom stereocenters. The molecule has 0 bridgehead atoms. The van der Waals surface area contributed by atoms with Crippen molar-refractivity contribution in [3.63, 3.8) is 0 Å². The fourth-order valence-electron chi connectivity index (χ4n) is 2.45. The van der Waals surface area contributed by atoms with Crippen LogP contribution in [0.4, 0.5) is 0 Å². The number of hydrogen-bond donors (Lipinski definition) is 1. The zero-order valence-electron chi connectivity index (χ0n) is 13.8. The van der Waals surface area contributed by atoms with Gasteiger partial charge >= 0.3 is 0 Å². The van der Waals surface area contributed by atoms with E-state index in [9.17, 15) is 4.79 Å². The van der Waals surface area contributed by atoms with Gasteiger partial charge in [0, 0.05) is 12.0 Å². The van der Waals surface area contributed by atoms with Gasteiger partial charge in [-0.1, -0.05) is 18.2 Å². The number of nitrogens with one attached hydrogen (secondary N) is 1. The molecule has 124 valence electrons. The fraction of sp³-hybridized carbons (Fsp3) is 0.263. The maximum absolute atomic E-state index is 11.9. The molecule has 2 aromatic rings. The third-order valence-electron chi connectivity index (χ3n) is 3.96. The van der Waals surface area contributed by atoms with E-state index in [1.807, 2.05) is 56.3 Å². The molecule has 0 aromatic heterocycles. The molecular formula is C19H20N2O3. The van der Waals surface area contributed by atoms with Crippen molar-refractivity contribution in [1.82, 2.24) is 5.43 Å². The second-order valence-corrected chi connectivity index (χ2v) is 5.72. The lowest BCUT2D eigenvalue weighted by Crippen LogP contribution is -2.27. The standard InChI is InChI=1S/C19H20N2O3/c1-13-7-8-15(11-14(13)2)24-12-19(22)21-20-17-9-10-23-18-6-4-3-5-16(17)18/h3-8,11H,9-10,12H2,1-2H3,(H,21,22)/b20-17-. The van der Waals surface area contributed by atoms with Crippen molar-refractivity contribution >= 4 is 11.6 Å². The Balaban J connectivity index is 1.59. The predicted molar refractivity (Wildman–Crippen MR) is 92.6 cm³/mol. The molecule has 0 saturated heterocycles. The zero-order valence-corrected chi connectivity index (χ0v) is 13.8. The first kappa shape index (κ1) is 16.1. The highest BCUT2D eigenvalue weighted by Crippen LogP contribution is 2.24. The Labute approximate surface area is 141 Å². The molecule has 1 aliphatic heterocycles. The Hall–Kier alpha value is -2.82. The topological polar surface area (TPSA) is 59.9 Å². The molecule has 0 spiro atoms. The van der Waals surface area contributed by atoms with Crippen molar-refractivity contribution in [2.75, 3.05) is 13.2 Å². The van der Waals surface area contributed by atoms with Crippen LogP contribution in [0.2, 0.25) is 0 Å². The molecule has 0 fully saturated rings. The maximum atomic E-state index is 11.9. The summed E-state index contributed by atoms with van der Waals surface area (Å²) in [4.78, 5) is 11.9. The Morgan fingerprint density at radius 1 is 1.21 bits per heavy atom. The summed E-state index contributed by atoms with van der Waals surface area (Å²) in [7, 11) is 0. The monoisotopic (exact) mass is 324 g/mol. The van der Waals surface area contributed by atoms with Gasteiger partial charge in [-0.25, -0.2) is 5.43 Å². The van der Waals surface area contributed by atoms with Gasteiger partial charge in [0.05, 0.1) is 12.3 Å². The minimum atomic E-state index is -0.287. The molecule has 0 saturated carbocycles. The quantitative estimate of drug-likeness (QED) is 0.880. The highest BCUT2D eigenvalue weighted by molar-refractivity contribution is 6.04. The summed E-state index contributed by atoms with van der Waals surface area (Å²) in [6, 6.07) is 13.4. The number of carbonyl (C=O) groups is 1. The van der Waals surface area contributed by atoms with Crippen molar-refractivity contribution in [2.24, 2.45) is 5.10 Å². The molecule has 1 aliphatic rings. The van der Waals surface area contributed by atoms with Gasteiger partial charge in [-0.05, 0) is 49.2 Å². The van der Waals surface area contributed by atoms with Crippen molar-refractivity contribution in [1.29, 1.82) is 0 Å². The molecular weight excluding hydrogens is 304 g/mol. The van der Waals surface area contributed by atoms with E-state index in [2.05, 4.69) is 10.5 Å². The molecule has 5 nitrogen and oxygen atoms in total. The van der Waals surface area contributed by atoms with Crippen LogP contribution in [0.25, 0.3) is 0 Å². The Kier molecular flexibility index (Phi) is 4.79. The summed E-state index contributed by atoms with van der Waals surface area (Å²) in [5.41, 5.74) is 6.61. The second kappa shape index (κ2) is 7.17. The number of ether oxygens (including phenoxy) is 2. The van der Waals surface area contributed by atoms with E-state index in [0.717, 1.165) is 22.6 Å². The molecule has 24 heavy (non-hydrogen) atoms. The number of para-hydroxylation sites is 1. The molecule has 0 unspecified atom stereocenters. The third kappa shape index (κ3) is 3.74. The van der Waals surface area contributed by atoms with Gasteiger partial charge in [0.15, 0.2) is 6.61 Å². The lowest BCUT2D eigenvalue weighted by Gasteiger charge is -2.18. The number of nitrogens with zero attached hydrogens (tertiary/aromatic N) is 1. The van der Waals surface area contributed by atoms with Gasteiger partial charge in [-0.2, -0.15) is 5.10 Å². The molecule has 1 N–H and O–H groups in total. The van der Waals surface area contributed by atoms with Crippen LogP contribution in [0.1, 0.15) is 23.1 Å². The van der Waals surface area contributed by atoms with E-state index < -0.39 is 0 Å². The number of amides is 1. The smallest absolute Gasteiger partial charge is 0.277 e. The Morgan fingerprint density at radius 3 is 2.88 bits per heavy atom. The van der Waals surface area contributed by atoms with Crippen LogP contribution in [0, 0.1) is 13.8 Å². The second-order valence-electron chi connectivity index (χ2n) is 5.72. The normalized spacial score (nSPS) is 14.7. The summed E-state index contributed by atoms with van der Waals surface area (Å²) in [5, 5.41) is 4.23. The molecule has 0 radical (unpaired) electrons. The first-order chi connectivity index (χ1) is 11.6. The number of benzene rings is 2. The number of carbonyl (C=O) groups excluding carboxylic acids is 1. The number of fused-ring (bicyclic) bond motifs is 1. The summed E-state index contributed by atoms with van der Waals surface area (Å²) in [6.45, 7) is 4.53. The van der Waals surface area contributed by atoms with Crippen LogP contribution in [0.5, 0.6) is 11.5 Å². The molecule has 2 aromatic carbocycles. The Morgan fingerprint density at radius 2 is 2.04 bits per heavy atom. The van der Waals surface area contributed by atoms with E-state index in [0.29, 0.717) is 18.8 Å². The first-order valence-electron chi connectivity index (χ1n) is 7.91. The maximum Gasteiger partial charge on any atom is 0.277 e. The number of rotatable bonds is 4. The van der Waals surface area contributed by atoms with Gasteiger partial charge in [0.1, 0.15) is 11.5 Å². The van der Waals surface area contributed by atoms with E-state index in [1.54, 1.807) is 0 Å². The molecule has 1 amide bonds. The van der Waals surface area contributed by atoms with Crippen LogP contribution in [0.3, 0.4) is 0 Å². The van der Waals surface area contributed by atoms with Gasteiger partial charge in [-0.15, -0.1) is 0 Å². The average molecular weight is 324 g/mol. The summed E-state index contributed by atoms with van der Waals surface area (Å²) in [5.74, 6) is 1.19. The first-order valence-corrected chi connectivity index (χ1v) is 7.91. The van der Waals surface area contributed by atoms with Crippen LogP contribution >= 0.6 is 0 Å². The van der Waals surface area contributed by atoms with Gasteiger partial charge in [0.2, 0.25) is 0 Å². The van der Waals surface area contributed by atoms with Gasteiger partial charge in [-0.3, -0.25) is 4.79 Å². The van der Waals surface area contributed by atoms with E-state index >= 15 is 0 Å². The fourth-order valence-corrected chi connectivity index (χ4v) is 2.45. The van der Waals surface area contributed by atoms with E-state index in [4.69, 9.17) is 9.47 Å². The highest BCUT2D eigenvalue weighted by Gasteiger charge is 2.16. The van der Waals surface area contributed by atoms with Crippen LogP contribution in [-0.4, -0.2) is 24.8 Å². The van der Waals surface area contributed by atoms with Crippen LogP contribution < -0.4 is 14.9 Å². The zero-order chi connectivity index (χ0) is 16.9. The predicted octanol–water partition coefficient (Wildman–Crippen LogP) is 2.99. The minimum absolute atomic E-state index is 0.0720. The summed E-state index contributed by atoms with van der Waals surface area (Å²) >= 11 is 0. The van der Waals surface area contributed by atoms with Crippen molar-refractivity contribution in [3.05, 3.63) is 59.2 Å². The minimum Gasteiger partial charge on any atom is -0.492 e. The number of aryl methyl sites for hydroxylation is 2. The van der Waals surface area contributed by atoms with Crippen LogP contribution in [0.15, 0.2) is 47.6 Å². The summed E-state index contributed by atoms with van der Waals surface area (Å²) < 4.78 is 11.1. The SMILES string of the molecule is Cc1ccc(OCC(=O)N/N=C2/CCOc3ccccc32)cc1C.